The third kappa shape index (κ3) is 4.38. The number of carbonyl (C=O) groups excluding carboxylic acids is 2. The fourth-order valence-electron chi connectivity index (χ4n) is 3.63. The molecule has 8 nitrogen and oxygen atoms in total. The second-order valence-electron chi connectivity index (χ2n) is 7.34. The molecule has 166 valence electrons. The molecule has 1 aliphatic heterocycles. The van der Waals surface area contributed by atoms with Gasteiger partial charge in [-0.15, -0.1) is 0 Å². The van der Waals surface area contributed by atoms with Crippen LogP contribution in [0.5, 0.6) is 5.75 Å². The summed E-state index contributed by atoms with van der Waals surface area (Å²) in [4.78, 5) is 26.7. The Morgan fingerprint density at radius 3 is 2.62 bits per heavy atom. The molecule has 9 heteroatoms. The highest BCUT2D eigenvalue weighted by Gasteiger charge is 2.26. The monoisotopic (exact) mass is 454 g/mol. The zero-order valence-corrected chi connectivity index (χ0v) is 18.2. The lowest BCUT2D eigenvalue weighted by molar-refractivity contribution is -0.117. The molecule has 0 unspecified atom stereocenters. The van der Waals surface area contributed by atoms with Crippen molar-refractivity contribution in [1.29, 1.82) is 0 Å². The molecule has 1 aromatic heterocycles. The average molecular weight is 455 g/mol. The van der Waals surface area contributed by atoms with Crippen LogP contribution in [0.4, 0.5) is 11.4 Å². The van der Waals surface area contributed by atoms with E-state index in [-0.39, 0.29) is 27.9 Å². The van der Waals surface area contributed by atoms with Crippen LogP contribution in [0.25, 0.3) is 0 Å². The first-order valence-electron chi connectivity index (χ1n) is 10.0. The number of benzene rings is 2. The molecule has 0 atom stereocenters. The molecule has 3 aromatic rings. The van der Waals surface area contributed by atoms with Crippen molar-refractivity contribution in [1.82, 2.24) is 0 Å². The maximum Gasteiger partial charge on any atom is 0.291 e. The first kappa shape index (κ1) is 21.6. The molecule has 1 saturated heterocycles. The highest BCUT2D eigenvalue weighted by Crippen LogP contribution is 2.34. The largest absolute Gasteiger partial charge is 0.494 e. The number of ether oxygens (including phenoxy) is 1. The van der Waals surface area contributed by atoms with Crippen LogP contribution in [0.2, 0.25) is 0 Å². The minimum atomic E-state index is -3.64. The number of sulfone groups is 1. The van der Waals surface area contributed by atoms with Crippen molar-refractivity contribution in [3.8, 4) is 5.75 Å². The van der Waals surface area contributed by atoms with Gasteiger partial charge in [-0.1, -0.05) is 18.2 Å². The van der Waals surface area contributed by atoms with Crippen LogP contribution in [-0.2, 0) is 20.4 Å². The zero-order chi connectivity index (χ0) is 22.7. The Morgan fingerprint density at radius 1 is 1.16 bits per heavy atom. The van der Waals surface area contributed by atoms with Crippen LogP contribution < -0.4 is 15.0 Å². The van der Waals surface area contributed by atoms with E-state index in [1.54, 1.807) is 41.3 Å². The number of nitrogens with zero attached hydrogens (tertiary/aromatic N) is 1. The first-order chi connectivity index (χ1) is 15.4. The van der Waals surface area contributed by atoms with Gasteiger partial charge in [-0.05, 0) is 36.8 Å². The van der Waals surface area contributed by atoms with Gasteiger partial charge in [0, 0.05) is 30.3 Å². The third-order valence-electron chi connectivity index (χ3n) is 5.20. The maximum absolute atomic E-state index is 12.8. The molecule has 4 rings (SSSR count). The molecule has 1 fully saturated rings. The summed E-state index contributed by atoms with van der Waals surface area (Å²) < 4.78 is 36.1. The Hall–Kier alpha value is -3.59. The van der Waals surface area contributed by atoms with Crippen molar-refractivity contribution in [3.05, 3.63) is 72.2 Å². The molecule has 0 bridgehead atoms. The van der Waals surface area contributed by atoms with Crippen LogP contribution in [0.15, 0.2) is 70.2 Å². The van der Waals surface area contributed by atoms with Gasteiger partial charge in [0.05, 0.1) is 29.7 Å². The van der Waals surface area contributed by atoms with Crippen molar-refractivity contribution in [2.45, 2.75) is 23.5 Å². The molecular weight excluding hydrogens is 432 g/mol. The van der Waals surface area contributed by atoms with Gasteiger partial charge in [-0.25, -0.2) is 8.42 Å². The number of furan rings is 1. The highest BCUT2D eigenvalue weighted by atomic mass is 32.2. The molecule has 0 radical (unpaired) electrons. The summed E-state index contributed by atoms with van der Waals surface area (Å²) in [5.41, 5.74) is 1.33. The minimum absolute atomic E-state index is 0.0277. The molecule has 1 N–H and O–H groups in total. The van der Waals surface area contributed by atoms with Gasteiger partial charge >= 0.3 is 0 Å². The lowest BCUT2D eigenvalue weighted by Crippen LogP contribution is -2.24. The predicted octanol–water partition coefficient (Wildman–Crippen LogP) is 3.64. The van der Waals surface area contributed by atoms with E-state index < -0.39 is 15.7 Å². The number of methoxy groups -OCH3 is 1. The summed E-state index contributed by atoms with van der Waals surface area (Å²) in [5.74, 6) is -0.554. The van der Waals surface area contributed by atoms with Crippen LogP contribution in [-0.4, -0.2) is 33.9 Å². The molecular formula is C23H22N2O6S. The van der Waals surface area contributed by atoms with Gasteiger partial charge in [-0.2, -0.15) is 0 Å². The van der Waals surface area contributed by atoms with Gasteiger partial charge in [0.1, 0.15) is 5.75 Å². The first-order valence-corrected chi connectivity index (χ1v) is 11.7. The average Bonchev–Trinajstić information content (AvgIpc) is 3.42. The number of rotatable bonds is 7. The van der Waals surface area contributed by atoms with E-state index in [0.29, 0.717) is 30.1 Å². The summed E-state index contributed by atoms with van der Waals surface area (Å²) in [6.45, 7) is 0.618. The fraction of sp³-hybridized carbons (Fsp3) is 0.217. The smallest absolute Gasteiger partial charge is 0.291 e. The van der Waals surface area contributed by atoms with E-state index in [4.69, 9.17) is 9.15 Å². The number of hydrogen-bond donors (Lipinski definition) is 1. The normalized spacial score (nSPS) is 13.9. The van der Waals surface area contributed by atoms with Gasteiger partial charge < -0.3 is 19.4 Å². The van der Waals surface area contributed by atoms with Crippen molar-refractivity contribution in [3.63, 3.8) is 0 Å². The Bertz CT molecular complexity index is 1250. The van der Waals surface area contributed by atoms with Gasteiger partial charge in [0.15, 0.2) is 15.6 Å². The molecule has 2 heterocycles. The van der Waals surface area contributed by atoms with Gasteiger partial charge in [0.25, 0.3) is 5.91 Å². The third-order valence-corrected chi connectivity index (χ3v) is 6.88. The lowest BCUT2D eigenvalue weighted by atomic mass is 10.2. The predicted molar refractivity (Wildman–Crippen MR) is 119 cm³/mol. The van der Waals surface area contributed by atoms with Crippen LogP contribution in [0, 0.1) is 0 Å². The zero-order valence-electron chi connectivity index (χ0n) is 17.4. The Kier molecular flexibility index (Phi) is 6.00. The number of nitrogens with one attached hydrogen (secondary N) is 1. The van der Waals surface area contributed by atoms with Gasteiger partial charge in [0.2, 0.25) is 5.91 Å². The Morgan fingerprint density at radius 2 is 1.94 bits per heavy atom. The van der Waals surface area contributed by atoms with Crippen LogP contribution in [0.1, 0.15) is 29.0 Å². The minimum Gasteiger partial charge on any atom is -0.494 e. The number of amides is 2. The van der Waals surface area contributed by atoms with Gasteiger partial charge in [-0.3, -0.25) is 9.59 Å². The van der Waals surface area contributed by atoms with Crippen molar-refractivity contribution in [2.24, 2.45) is 0 Å². The van der Waals surface area contributed by atoms with E-state index in [9.17, 15) is 18.0 Å². The topological polar surface area (TPSA) is 106 Å². The molecule has 32 heavy (non-hydrogen) atoms. The Labute approximate surface area is 185 Å². The van der Waals surface area contributed by atoms with E-state index in [1.165, 1.54) is 31.6 Å². The fourth-order valence-corrected chi connectivity index (χ4v) is 5.01. The molecule has 2 amide bonds. The molecule has 1 aliphatic rings. The number of hydrogen-bond acceptors (Lipinski definition) is 6. The van der Waals surface area contributed by atoms with Crippen LogP contribution >= 0.6 is 0 Å². The van der Waals surface area contributed by atoms with Crippen molar-refractivity contribution in [2.75, 3.05) is 23.9 Å². The standard InChI is InChI=1S/C23H22N2O6S/c1-30-20-14-17(9-10-19(20)25-12-5-8-21(25)26)24-23(27)22-16(11-13-31-22)15-32(28,29)18-6-3-2-4-7-18/h2-4,6-7,9-11,13-14H,5,8,12,15H2,1H3,(H,24,27). The second-order valence-corrected chi connectivity index (χ2v) is 9.33. The Balaban J connectivity index is 1.53. The van der Waals surface area contributed by atoms with E-state index in [0.717, 1.165) is 6.42 Å². The summed E-state index contributed by atoms with van der Waals surface area (Å²) in [7, 11) is -2.15. The summed E-state index contributed by atoms with van der Waals surface area (Å²) in [6, 6.07) is 14.5. The lowest BCUT2D eigenvalue weighted by Gasteiger charge is -2.19. The van der Waals surface area contributed by atoms with E-state index >= 15 is 0 Å². The molecule has 0 aliphatic carbocycles. The van der Waals surface area contributed by atoms with Crippen molar-refractivity contribution < 1.29 is 27.2 Å². The molecule has 0 saturated carbocycles. The van der Waals surface area contributed by atoms with Crippen molar-refractivity contribution >= 4 is 33.0 Å². The maximum atomic E-state index is 12.8. The SMILES string of the molecule is COc1cc(NC(=O)c2occc2CS(=O)(=O)c2ccccc2)ccc1N1CCCC1=O. The molecule has 2 aromatic carbocycles. The second kappa shape index (κ2) is 8.88. The quantitative estimate of drug-likeness (QED) is 0.584. The molecule has 0 spiro atoms. The van der Waals surface area contributed by atoms with E-state index in [1.807, 2.05) is 0 Å². The summed E-state index contributed by atoms with van der Waals surface area (Å²) in [5, 5.41) is 2.70. The number of carbonyl (C=O) groups is 2. The van der Waals surface area contributed by atoms with E-state index in [2.05, 4.69) is 5.32 Å². The summed E-state index contributed by atoms with van der Waals surface area (Å²) >= 11 is 0. The highest BCUT2D eigenvalue weighted by molar-refractivity contribution is 7.90. The number of anilines is 2. The van der Waals surface area contributed by atoms with Crippen LogP contribution in [0.3, 0.4) is 0 Å². The summed E-state index contributed by atoms with van der Waals surface area (Å²) in [6.07, 6.45) is 2.57.